The molecule has 94 valence electrons. The first kappa shape index (κ1) is 12.5. The lowest BCUT2D eigenvalue weighted by molar-refractivity contribution is 0.0692. The number of carbonyl (C=O) groups is 1. The second kappa shape index (κ2) is 5.14. The van der Waals surface area contributed by atoms with Crippen molar-refractivity contribution in [1.29, 1.82) is 5.26 Å². The summed E-state index contributed by atoms with van der Waals surface area (Å²) in [5, 5.41) is 17.4. The predicted molar refractivity (Wildman–Crippen MR) is 62.4 cm³/mol. The highest BCUT2D eigenvalue weighted by Crippen LogP contribution is 2.23. The first-order chi connectivity index (χ1) is 9.10. The summed E-state index contributed by atoms with van der Waals surface area (Å²) in [5.41, 5.74) is -0.264. The molecule has 2 aromatic rings. The quantitative estimate of drug-likeness (QED) is 0.914. The lowest BCUT2D eigenvalue weighted by atomic mass is 10.2. The number of hydrogen-bond acceptors (Lipinski definition) is 4. The van der Waals surface area contributed by atoms with Crippen molar-refractivity contribution in [3.63, 3.8) is 0 Å². The Bertz CT molecular complexity index is 680. The Morgan fingerprint density at radius 1 is 1.32 bits per heavy atom. The number of aromatic nitrogens is 1. The number of benzene rings is 1. The number of halogens is 1. The number of nitriles is 1. The van der Waals surface area contributed by atoms with E-state index in [0.717, 1.165) is 12.1 Å². The van der Waals surface area contributed by atoms with Crippen LogP contribution in [0.3, 0.4) is 0 Å². The Hall–Kier alpha value is -2.94. The molecule has 1 aromatic heterocycles. The third-order valence-electron chi connectivity index (χ3n) is 2.25. The molecule has 0 bridgehead atoms. The average molecular weight is 258 g/mol. The average Bonchev–Trinajstić information content (AvgIpc) is 2.38. The zero-order chi connectivity index (χ0) is 13.8. The third kappa shape index (κ3) is 2.84. The van der Waals surface area contributed by atoms with Crippen LogP contribution < -0.4 is 4.74 Å². The van der Waals surface area contributed by atoms with Crippen LogP contribution in [0.25, 0.3) is 0 Å². The fourth-order valence-corrected chi connectivity index (χ4v) is 1.40. The molecule has 2 rings (SSSR count). The Kier molecular flexibility index (Phi) is 3.39. The molecular formula is C13H7FN2O3. The molecule has 0 spiro atoms. The molecule has 5 nitrogen and oxygen atoms in total. The van der Waals surface area contributed by atoms with Crippen LogP contribution in [-0.2, 0) is 0 Å². The molecule has 0 fully saturated rings. The molecule has 1 aromatic carbocycles. The molecule has 0 aliphatic heterocycles. The van der Waals surface area contributed by atoms with E-state index >= 15 is 0 Å². The van der Waals surface area contributed by atoms with Gasteiger partial charge in [0.1, 0.15) is 29.1 Å². The van der Waals surface area contributed by atoms with Crippen LogP contribution in [0.5, 0.6) is 11.5 Å². The molecule has 0 saturated heterocycles. The van der Waals surface area contributed by atoms with E-state index in [9.17, 15) is 9.18 Å². The molecule has 6 heteroatoms. The second-order valence-corrected chi connectivity index (χ2v) is 3.54. The van der Waals surface area contributed by atoms with Gasteiger partial charge in [0, 0.05) is 18.3 Å². The van der Waals surface area contributed by atoms with Gasteiger partial charge in [0.15, 0.2) is 0 Å². The predicted octanol–water partition coefficient (Wildman–Crippen LogP) is 2.58. The number of rotatable bonds is 3. The number of pyridine rings is 1. The van der Waals surface area contributed by atoms with Crippen LogP contribution in [0, 0.1) is 17.1 Å². The van der Waals surface area contributed by atoms with Crippen LogP contribution >= 0.6 is 0 Å². The minimum atomic E-state index is -1.35. The molecule has 1 heterocycles. The summed E-state index contributed by atoms with van der Waals surface area (Å²) in [6, 6.07) is 8.15. The highest BCUT2D eigenvalue weighted by atomic mass is 19.1. The van der Waals surface area contributed by atoms with E-state index in [0.29, 0.717) is 5.75 Å². The third-order valence-corrected chi connectivity index (χ3v) is 2.25. The summed E-state index contributed by atoms with van der Waals surface area (Å²) in [6.45, 7) is 0. The van der Waals surface area contributed by atoms with Crippen LogP contribution in [0.1, 0.15) is 16.1 Å². The smallest absolute Gasteiger partial charge is 0.338 e. The van der Waals surface area contributed by atoms with Gasteiger partial charge in [0.25, 0.3) is 0 Å². The van der Waals surface area contributed by atoms with Crippen molar-refractivity contribution >= 4 is 5.97 Å². The summed E-state index contributed by atoms with van der Waals surface area (Å²) in [6.07, 6.45) is 1.38. The normalized spacial score (nSPS) is 9.68. The standard InChI is InChI=1S/C13H7FN2O3/c14-12-6-9(1-2-11(12)13(17)18)19-10-3-4-16-8(5-10)7-15/h1-6H,(H,17,18). The number of hydrogen-bond donors (Lipinski definition) is 1. The van der Waals surface area contributed by atoms with Crippen molar-refractivity contribution in [2.75, 3.05) is 0 Å². The number of carboxylic acids is 1. The summed E-state index contributed by atoms with van der Waals surface area (Å²) >= 11 is 0. The summed E-state index contributed by atoms with van der Waals surface area (Å²) in [5.74, 6) is -1.79. The maximum absolute atomic E-state index is 13.4. The number of ether oxygens (including phenoxy) is 1. The molecular weight excluding hydrogens is 251 g/mol. The Balaban J connectivity index is 2.26. The topological polar surface area (TPSA) is 83.2 Å². The molecule has 0 aliphatic carbocycles. The summed E-state index contributed by atoms with van der Waals surface area (Å²) < 4.78 is 18.7. The van der Waals surface area contributed by atoms with Crippen molar-refractivity contribution in [3.05, 3.63) is 53.6 Å². The molecule has 0 atom stereocenters. The van der Waals surface area contributed by atoms with E-state index in [-0.39, 0.29) is 11.4 Å². The van der Waals surface area contributed by atoms with Gasteiger partial charge in [0.05, 0.1) is 5.56 Å². The fourth-order valence-electron chi connectivity index (χ4n) is 1.40. The van der Waals surface area contributed by atoms with Gasteiger partial charge >= 0.3 is 5.97 Å². The number of aromatic carboxylic acids is 1. The van der Waals surface area contributed by atoms with Gasteiger partial charge in [-0.2, -0.15) is 5.26 Å². The van der Waals surface area contributed by atoms with E-state index in [1.165, 1.54) is 24.4 Å². The van der Waals surface area contributed by atoms with E-state index in [1.54, 1.807) is 0 Å². The first-order valence-corrected chi connectivity index (χ1v) is 5.17. The monoisotopic (exact) mass is 258 g/mol. The maximum atomic E-state index is 13.4. The highest BCUT2D eigenvalue weighted by molar-refractivity contribution is 5.88. The number of nitrogens with zero attached hydrogens (tertiary/aromatic N) is 2. The molecule has 0 unspecified atom stereocenters. The zero-order valence-electron chi connectivity index (χ0n) is 9.50. The van der Waals surface area contributed by atoms with Gasteiger partial charge in [-0.25, -0.2) is 14.2 Å². The second-order valence-electron chi connectivity index (χ2n) is 3.54. The molecule has 0 radical (unpaired) electrons. The number of carboxylic acid groups (broad SMARTS) is 1. The zero-order valence-corrected chi connectivity index (χ0v) is 9.50. The Labute approximate surface area is 107 Å². The lowest BCUT2D eigenvalue weighted by Crippen LogP contribution is -2.00. The minimum absolute atomic E-state index is 0.137. The minimum Gasteiger partial charge on any atom is -0.478 e. The maximum Gasteiger partial charge on any atom is 0.338 e. The molecule has 19 heavy (non-hydrogen) atoms. The van der Waals surface area contributed by atoms with Gasteiger partial charge in [-0.15, -0.1) is 0 Å². The van der Waals surface area contributed by atoms with Crippen molar-refractivity contribution in [3.8, 4) is 17.6 Å². The van der Waals surface area contributed by atoms with Crippen molar-refractivity contribution in [1.82, 2.24) is 4.98 Å². The SMILES string of the molecule is N#Cc1cc(Oc2ccc(C(=O)O)c(F)c2)ccn1. The van der Waals surface area contributed by atoms with Gasteiger partial charge in [-0.05, 0) is 18.2 Å². The van der Waals surface area contributed by atoms with Gasteiger partial charge in [-0.3, -0.25) is 0 Å². The molecule has 1 N–H and O–H groups in total. The van der Waals surface area contributed by atoms with E-state index < -0.39 is 17.3 Å². The van der Waals surface area contributed by atoms with Crippen molar-refractivity contribution < 1.29 is 19.0 Å². The summed E-state index contributed by atoms with van der Waals surface area (Å²) in [4.78, 5) is 14.4. The summed E-state index contributed by atoms with van der Waals surface area (Å²) in [7, 11) is 0. The molecule has 0 amide bonds. The van der Waals surface area contributed by atoms with Crippen LogP contribution in [-0.4, -0.2) is 16.1 Å². The van der Waals surface area contributed by atoms with Crippen LogP contribution in [0.15, 0.2) is 36.5 Å². The van der Waals surface area contributed by atoms with E-state index in [4.69, 9.17) is 15.1 Å². The van der Waals surface area contributed by atoms with E-state index in [1.807, 2.05) is 6.07 Å². The van der Waals surface area contributed by atoms with Crippen LogP contribution in [0.2, 0.25) is 0 Å². The van der Waals surface area contributed by atoms with Gasteiger partial charge in [0.2, 0.25) is 0 Å². The van der Waals surface area contributed by atoms with Gasteiger partial charge < -0.3 is 9.84 Å². The van der Waals surface area contributed by atoms with Crippen molar-refractivity contribution in [2.24, 2.45) is 0 Å². The lowest BCUT2D eigenvalue weighted by Gasteiger charge is -2.06. The highest BCUT2D eigenvalue weighted by Gasteiger charge is 2.11. The Morgan fingerprint density at radius 3 is 2.68 bits per heavy atom. The molecule has 0 aliphatic rings. The van der Waals surface area contributed by atoms with Crippen molar-refractivity contribution in [2.45, 2.75) is 0 Å². The van der Waals surface area contributed by atoms with Gasteiger partial charge in [-0.1, -0.05) is 0 Å². The first-order valence-electron chi connectivity index (χ1n) is 5.17. The van der Waals surface area contributed by atoms with Crippen LogP contribution in [0.4, 0.5) is 4.39 Å². The Morgan fingerprint density at radius 2 is 2.05 bits per heavy atom. The van der Waals surface area contributed by atoms with E-state index in [2.05, 4.69) is 4.98 Å². The fraction of sp³-hybridized carbons (Fsp3) is 0. The largest absolute Gasteiger partial charge is 0.478 e. The molecule has 0 saturated carbocycles.